The molecule has 0 aliphatic rings. The van der Waals surface area contributed by atoms with Crippen molar-refractivity contribution >= 4 is 11.8 Å². The molecule has 0 spiro atoms. The first-order valence-electron chi connectivity index (χ1n) is 4.90. The fraction of sp³-hybridized carbons (Fsp3) is 1.00. The first kappa shape index (κ1) is 13.3. The molecule has 0 aromatic carbocycles. The second-order valence-electron chi connectivity index (χ2n) is 4.06. The molecule has 0 aromatic rings. The SMILES string of the molecule is COCCNCCCSC(C)(C)C. The minimum absolute atomic E-state index is 0.409. The molecule has 3 heteroatoms. The van der Waals surface area contributed by atoms with Gasteiger partial charge in [0.2, 0.25) is 0 Å². The van der Waals surface area contributed by atoms with Gasteiger partial charge >= 0.3 is 0 Å². The lowest BCUT2D eigenvalue weighted by atomic mass is 10.3. The molecule has 1 N–H and O–H groups in total. The average Bonchev–Trinajstić information content (AvgIpc) is 2.01. The van der Waals surface area contributed by atoms with E-state index < -0.39 is 0 Å². The van der Waals surface area contributed by atoms with Crippen molar-refractivity contribution in [2.75, 3.05) is 32.6 Å². The molecule has 0 heterocycles. The Morgan fingerprint density at radius 1 is 1.23 bits per heavy atom. The summed E-state index contributed by atoms with van der Waals surface area (Å²) in [6.45, 7) is 9.66. The van der Waals surface area contributed by atoms with Crippen molar-refractivity contribution in [1.29, 1.82) is 0 Å². The Kier molecular flexibility index (Phi) is 7.81. The molecular formula is C10H23NOS. The Labute approximate surface area is 86.8 Å². The zero-order chi connectivity index (χ0) is 10.2. The number of ether oxygens (including phenoxy) is 1. The van der Waals surface area contributed by atoms with Crippen LogP contribution < -0.4 is 5.32 Å². The van der Waals surface area contributed by atoms with Crippen molar-refractivity contribution in [3.8, 4) is 0 Å². The highest BCUT2D eigenvalue weighted by Crippen LogP contribution is 2.23. The molecule has 0 radical (unpaired) electrons. The summed E-state index contributed by atoms with van der Waals surface area (Å²) in [4.78, 5) is 0. The molecule has 0 amide bonds. The topological polar surface area (TPSA) is 21.3 Å². The Morgan fingerprint density at radius 3 is 2.46 bits per heavy atom. The van der Waals surface area contributed by atoms with Crippen molar-refractivity contribution < 1.29 is 4.74 Å². The van der Waals surface area contributed by atoms with Gasteiger partial charge < -0.3 is 10.1 Å². The number of nitrogens with one attached hydrogen (secondary N) is 1. The van der Waals surface area contributed by atoms with Crippen LogP contribution in [0.2, 0.25) is 0 Å². The number of methoxy groups -OCH3 is 1. The second-order valence-corrected chi connectivity index (χ2v) is 5.98. The van der Waals surface area contributed by atoms with E-state index in [1.165, 1.54) is 12.2 Å². The van der Waals surface area contributed by atoms with Crippen molar-refractivity contribution in [2.24, 2.45) is 0 Å². The normalized spacial score (nSPS) is 12.0. The Balaban J connectivity index is 3.00. The highest BCUT2D eigenvalue weighted by atomic mass is 32.2. The maximum Gasteiger partial charge on any atom is 0.0587 e. The molecule has 80 valence electrons. The minimum Gasteiger partial charge on any atom is -0.383 e. The smallest absolute Gasteiger partial charge is 0.0587 e. The molecule has 0 saturated heterocycles. The first-order valence-corrected chi connectivity index (χ1v) is 5.88. The van der Waals surface area contributed by atoms with E-state index in [4.69, 9.17) is 4.74 Å². The summed E-state index contributed by atoms with van der Waals surface area (Å²) >= 11 is 2.03. The maximum atomic E-state index is 4.93. The quantitative estimate of drug-likeness (QED) is 0.644. The molecule has 0 unspecified atom stereocenters. The van der Waals surface area contributed by atoms with Crippen LogP contribution in [0.5, 0.6) is 0 Å². The van der Waals surface area contributed by atoms with Gasteiger partial charge in [-0.1, -0.05) is 20.8 Å². The van der Waals surface area contributed by atoms with Crippen LogP contribution in [0.1, 0.15) is 27.2 Å². The summed E-state index contributed by atoms with van der Waals surface area (Å²) in [5, 5.41) is 3.33. The lowest BCUT2D eigenvalue weighted by molar-refractivity contribution is 0.199. The van der Waals surface area contributed by atoms with E-state index in [-0.39, 0.29) is 0 Å². The molecule has 0 atom stereocenters. The third kappa shape index (κ3) is 12.3. The summed E-state index contributed by atoms with van der Waals surface area (Å²) < 4.78 is 5.34. The molecule has 0 bridgehead atoms. The van der Waals surface area contributed by atoms with E-state index in [1.54, 1.807) is 7.11 Å². The summed E-state index contributed by atoms with van der Waals surface area (Å²) in [5.41, 5.74) is 0. The van der Waals surface area contributed by atoms with Crippen LogP contribution in [0, 0.1) is 0 Å². The van der Waals surface area contributed by atoms with Crippen LogP contribution >= 0.6 is 11.8 Å². The van der Waals surface area contributed by atoms with Gasteiger partial charge in [-0.2, -0.15) is 11.8 Å². The lowest BCUT2D eigenvalue weighted by Crippen LogP contribution is -2.21. The highest BCUT2D eigenvalue weighted by Gasteiger charge is 2.08. The zero-order valence-corrected chi connectivity index (χ0v) is 10.2. The van der Waals surface area contributed by atoms with E-state index in [2.05, 4.69) is 26.1 Å². The van der Waals surface area contributed by atoms with Gasteiger partial charge in [-0.3, -0.25) is 0 Å². The Morgan fingerprint density at radius 2 is 1.92 bits per heavy atom. The van der Waals surface area contributed by atoms with Crippen LogP contribution in [-0.2, 0) is 4.74 Å². The van der Waals surface area contributed by atoms with Gasteiger partial charge in [0.15, 0.2) is 0 Å². The fourth-order valence-electron chi connectivity index (χ4n) is 0.875. The maximum absolute atomic E-state index is 4.93. The predicted octanol–water partition coefficient (Wildman–Crippen LogP) is 2.14. The minimum atomic E-state index is 0.409. The largest absolute Gasteiger partial charge is 0.383 e. The lowest BCUT2D eigenvalue weighted by Gasteiger charge is -2.17. The zero-order valence-electron chi connectivity index (χ0n) is 9.35. The van der Waals surface area contributed by atoms with E-state index in [0.29, 0.717) is 4.75 Å². The summed E-state index contributed by atoms with van der Waals surface area (Å²) in [5.74, 6) is 1.24. The number of rotatable bonds is 7. The van der Waals surface area contributed by atoms with E-state index in [9.17, 15) is 0 Å². The van der Waals surface area contributed by atoms with Gasteiger partial charge in [-0.15, -0.1) is 0 Å². The molecule has 2 nitrogen and oxygen atoms in total. The van der Waals surface area contributed by atoms with Crippen molar-refractivity contribution in [3.05, 3.63) is 0 Å². The van der Waals surface area contributed by atoms with E-state index >= 15 is 0 Å². The first-order chi connectivity index (χ1) is 6.06. The van der Waals surface area contributed by atoms with Crippen LogP contribution in [0.3, 0.4) is 0 Å². The molecule has 0 aliphatic heterocycles. The van der Waals surface area contributed by atoms with E-state index in [0.717, 1.165) is 19.7 Å². The van der Waals surface area contributed by atoms with Crippen LogP contribution in [0.4, 0.5) is 0 Å². The number of hydrogen-bond donors (Lipinski definition) is 1. The molecule has 0 saturated carbocycles. The van der Waals surface area contributed by atoms with Crippen LogP contribution in [-0.4, -0.2) is 37.3 Å². The van der Waals surface area contributed by atoms with Gasteiger partial charge in [0.05, 0.1) is 6.61 Å². The Bertz CT molecular complexity index is 112. The molecule has 13 heavy (non-hydrogen) atoms. The number of thioether (sulfide) groups is 1. The standard InChI is InChI=1S/C10H23NOS/c1-10(2,3)13-9-5-6-11-7-8-12-4/h11H,5-9H2,1-4H3. The van der Waals surface area contributed by atoms with Gasteiger partial charge in [0.1, 0.15) is 0 Å². The van der Waals surface area contributed by atoms with Gasteiger partial charge in [-0.25, -0.2) is 0 Å². The van der Waals surface area contributed by atoms with Crippen molar-refractivity contribution in [2.45, 2.75) is 31.9 Å². The fourth-order valence-corrected chi connectivity index (χ4v) is 1.78. The molecular weight excluding hydrogens is 182 g/mol. The molecule has 0 rings (SSSR count). The summed E-state index contributed by atoms with van der Waals surface area (Å²) in [6.07, 6.45) is 1.24. The Hall–Kier alpha value is 0.270. The summed E-state index contributed by atoms with van der Waals surface area (Å²) in [7, 11) is 1.73. The van der Waals surface area contributed by atoms with Crippen molar-refractivity contribution in [1.82, 2.24) is 5.32 Å². The third-order valence-corrected chi connectivity index (χ3v) is 2.87. The summed E-state index contributed by atoms with van der Waals surface area (Å²) in [6, 6.07) is 0. The highest BCUT2D eigenvalue weighted by molar-refractivity contribution is 8.00. The van der Waals surface area contributed by atoms with Crippen LogP contribution in [0.15, 0.2) is 0 Å². The predicted molar refractivity (Wildman–Crippen MR) is 61.6 cm³/mol. The van der Waals surface area contributed by atoms with Crippen LogP contribution in [0.25, 0.3) is 0 Å². The average molecular weight is 205 g/mol. The number of hydrogen-bond acceptors (Lipinski definition) is 3. The molecule has 0 aliphatic carbocycles. The molecule has 0 aromatic heterocycles. The van der Waals surface area contributed by atoms with Crippen molar-refractivity contribution in [3.63, 3.8) is 0 Å². The van der Waals surface area contributed by atoms with Gasteiger partial charge in [0.25, 0.3) is 0 Å². The van der Waals surface area contributed by atoms with Gasteiger partial charge in [0, 0.05) is 18.4 Å². The molecule has 0 fully saturated rings. The second kappa shape index (κ2) is 7.65. The monoisotopic (exact) mass is 205 g/mol. The third-order valence-electron chi connectivity index (χ3n) is 1.52. The van der Waals surface area contributed by atoms with Gasteiger partial charge in [-0.05, 0) is 18.7 Å². The van der Waals surface area contributed by atoms with E-state index in [1.807, 2.05) is 11.8 Å².